The molecule has 0 radical (unpaired) electrons. The third-order valence-corrected chi connectivity index (χ3v) is 4.43. The highest BCUT2D eigenvalue weighted by atomic mass is 16.4. The summed E-state index contributed by atoms with van der Waals surface area (Å²) < 4.78 is 0. The lowest BCUT2D eigenvalue weighted by molar-refractivity contribution is -0.160. The number of amides is 3. The topological polar surface area (TPSA) is 227 Å². The van der Waals surface area contributed by atoms with Gasteiger partial charge in [0.2, 0.25) is 17.7 Å². The van der Waals surface area contributed by atoms with E-state index in [0.29, 0.717) is 10.5 Å². The Morgan fingerprint density at radius 3 is 1.90 bits per heavy atom. The van der Waals surface area contributed by atoms with Gasteiger partial charge in [-0.05, 0) is 37.0 Å². The molecule has 0 bridgehead atoms. The number of hydrogen-bond acceptors (Lipinski definition) is 8. The van der Waals surface area contributed by atoms with Gasteiger partial charge in [0, 0.05) is 12.8 Å². The van der Waals surface area contributed by atoms with E-state index in [-0.39, 0.29) is 25.0 Å². The van der Waals surface area contributed by atoms with E-state index in [9.17, 15) is 34.2 Å². The molecular formula is C19H26N4O8. The van der Waals surface area contributed by atoms with Crippen molar-refractivity contribution >= 4 is 29.7 Å². The van der Waals surface area contributed by atoms with Gasteiger partial charge in [-0.2, -0.15) is 0 Å². The second-order valence-corrected chi connectivity index (χ2v) is 6.92. The van der Waals surface area contributed by atoms with E-state index in [1.54, 1.807) is 0 Å². The van der Waals surface area contributed by atoms with Crippen molar-refractivity contribution in [2.24, 2.45) is 17.2 Å². The van der Waals surface area contributed by atoms with E-state index in [1.165, 1.54) is 24.3 Å². The Labute approximate surface area is 177 Å². The van der Waals surface area contributed by atoms with Gasteiger partial charge in [0.1, 0.15) is 11.8 Å². The summed E-state index contributed by atoms with van der Waals surface area (Å²) in [4.78, 5) is 59.8. The Bertz CT molecular complexity index is 827. The molecule has 31 heavy (non-hydrogen) atoms. The fourth-order valence-corrected chi connectivity index (χ4v) is 2.79. The number of rotatable bonds is 12. The summed E-state index contributed by atoms with van der Waals surface area (Å²) in [6.45, 7) is 0. The van der Waals surface area contributed by atoms with Crippen LogP contribution in [-0.4, -0.2) is 68.0 Å². The second kappa shape index (κ2) is 11.6. The molecule has 3 amide bonds. The minimum absolute atomic E-state index is 0.0134. The van der Waals surface area contributed by atoms with Gasteiger partial charge < -0.3 is 32.5 Å². The molecule has 0 aliphatic carbocycles. The summed E-state index contributed by atoms with van der Waals surface area (Å²) in [5, 5.41) is 27.8. The summed E-state index contributed by atoms with van der Waals surface area (Å²) in [6.07, 6.45) is -1.79. The molecule has 0 aliphatic rings. The first-order valence-corrected chi connectivity index (χ1v) is 9.32. The van der Waals surface area contributed by atoms with Crippen LogP contribution in [0.2, 0.25) is 0 Å². The molecule has 0 saturated heterocycles. The number of carbonyl (C=O) groups is 5. The molecule has 12 nitrogen and oxygen atoms in total. The van der Waals surface area contributed by atoms with Crippen LogP contribution >= 0.6 is 0 Å². The van der Waals surface area contributed by atoms with Gasteiger partial charge in [0.05, 0.1) is 12.1 Å². The van der Waals surface area contributed by atoms with E-state index in [1.807, 2.05) is 0 Å². The number of carboxylic acid groups (broad SMARTS) is 2. The summed E-state index contributed by atoms with van der Waals surface area (Å²) in [6, 6.07) is 1.11. The summed E-state index contributed by atoms with van der Waals surface area (Å²) in [5.41, 5.74) is 17.2. The van der Waals surface area contributed by atoms with E-state index in [2.05, 4.69) is 0 Å². The number of carbonyl (C=O) groups excluding carboxylic acids is 3. The summed E-state index contributed by atoms with van der Waals surface area (Å²) in [7, 11) is 0. The molecule has 0 fully saturated rings. The van der Waals surface area contributed by atoms with E-state index in [4.69, 9.17) is 22.3 Å². The maximum atomic E-state index is 13.0. The Morgan fingerprint density at radius 1 is 0.871 bits per heavy atom. The molecule has 3 atom stereocenters. The van der Waals surface area contributed by atoms with Crippen LogP contribution in [0.25, 0.3) is 0 Å². The van der Waals surface area contributed by atoms with E-state index in [0.717, 1.165) is 0 Å². The van der Waals surface area contributed by atoms with Crippen LogP contribution in [0.5, 0.6) is 5.75 Å². The fraction of sp³-hybridized carbons (Fsp3) is 0.421. The van der Waals surface area contributed by atoms with Crippen molar-refractivity contribution in [3.05, 3.63) is 29.8 Å². The molecule has 0 unspecified atom stereocenters. The van der Waals surface area contributed by atoms with Crippen LogP contribution in [0.15, 0.2) is 24.3 Å². The number of phenolic OH excluding ortho intramolecular Hbond substituents is 1. The number of nitrogens with zero attached hydrogens (tertiary/aromatic N) is 1. The molecule has 9 N–H and O–H groups in total. The average molecular weight is 438 g/mol. The summed E-state index contributed by atoms with van der Waals surface area (Å²) in [5.74, 6) is -5.86. The maximum absolute atomic E-state index is 13.0. The van der Waals surface area contributed by atoms with Crippen LogP contribution in [0.4, 0.5) is 0 Å². The zero-order chi connectivity index (χ0) is 23.7. The lowest BCUT2D eigenvalue weighted by Gasteiger charge is -2.31. The molecule has 1 aromatic carbocycles. The number of hydrogen-bond donors (Lipinski definition) is 6. The molecular weight excluding hydrogens is 412 g/mol. The molecule has 0 spiro atoms. The zero-order valence-electron chi connectivity index (χ0n) is 16.6. The number of imide groups is 1. The van der Waals surface area contributed by atoms with Crippen LogP contribution in [0, 0.1) is 0 Å². The Balaban J connectivity index is 3.18. The number of aliphatic carboxylic acids is 2. The smallest absolute Gasteiger partial charge is 0.326 e. The highest BCUT2D eigenvalue weighted by molar-refractivity contribution is 6.03. The monoisotopic (exact) mass is 438 g/mol. The highest BCUT2D eigenvalue weighted by Crippen LogP contribution is 2.16. The van der Waals surface area contributed by atoms with Crippen LogP contribution in [0.3, 0.4) is 0 Å². The molecule has 0 aliphatic heterocycles. The average Bonchev–Trinajstić information content (AvgIpc) is 2.69. The standard InChI is InChI=1S/C19H26N4O8/c20-12(5-7-15(22)25)17(28)23(14(19(30)31)6-8-16(26)27)18(29)13(21)9-10-1-3-11(24)4-2-10/h1-4,12-14,24H,5-9,20-21H2,(H2,22,25)(H,26,27)(H,30,31)/t12-,13-,14-/m0/s1. The van der Waals surface area contributed by atoms with Gasteiger partial charge in [-0.25, -0.2) is 4.79 Å². The molecule has 1 rings (SSSR count). The number of benzene rings is 1. The lowest BCUT2D eigenvalue weighted by Crippen LogP contribution is -2.58. The van der Waals surface area contributed by atoms with Gasteiger partial charge in [-0.1, -0.05) is 12.1 Å². The van der Waals surface area contributed by atoms with Crippen molar-refractivity contribution in [3.8, 4) is 5.75 Å². The predicted molar refractivity (Wildman–Crippen MR) is 106 cm³/mol. The minimum atomic E-state index is -1.82. The quantitative estimate of drug-likeness (QED) is 0.222. The molecule has 0 heterocycles. The number of nitrogens with two attached hydrogens (primary N) is 3. The molecule has 170 valence electrons. The number of aromatic hydroxyl groups is 1. The third kappa shape index (κ3) is 8.03. The van der Waals surface area contributed by atoms with Gasteiger partial charge >= 0.3 is 11.9 Å². The molecule has 0 saturated carbocycles. The SMILES string of the molecule is NC(=O)CC[C@H](N)C(=O)N(C(=O)[C@@H](N)Cc1ccc(O)cc1)[C@@H](CCC(=O)O)C(=O)O. The van der Waals surface area contributed by atoms with Crippen LogP contribution < -0.4 is 17.2 Å². The largest absolute Gasteiger partial charge is 0.508 e. The van der Waals surface area contributed by atoms with Crippen molar-refractivity contribution in [2.75, 3.05) is 0 Å². The van der Waals surface area contributed by atoms with E-state index < -0.39 is 60.6 Å². The van der Waals surface area contributed by atoms with Gasteiger partial charge in [-0.15, -0.1) is 0 Å². The van der Waals surface area contributed by atoms with Crippen molar-refractivity contribution in [3.63, 3.8) is 0 Å². The van der Waals surface area contributed by atoms with Crippen molar-refractivity contribution in [2.45, 2.75) is 50.2 Å². The number of primary amides is 1. The third-order valence-electron chi connectivity index (χ3n) is 4.43. The van der Waals surface area contributed by atoms with Crippen molar-refractivity contribution < 1.29 is 39.3 Å². The first kappa shape index (κ1) is 25.5. The van der Waals surface area contributed by atoms with Crippen molar-refractivity contribution in [1.29, 1.82) is 0 Å². The van der Waals surface area contributed by atoms with Crippen LogP contribution in [-0.2, 0) is 30.4 Å². The first-order chi connectivity index (χ1) is 14.4. The first-order valence-electron chi connectivity index (χ1n) is 9.32. The number of carboxylic acids is 2. The maximum Gasteiger partial charge on any atom is 0.326 e. The molecule has 12 heteroatoms. The molecule has 0 aromatic heterocycles. The highest BCUT2D eigenvalue weighted by Gasteiger charge is 2.39. The van der Waals surface area contributed by atoms with Gasteiger partial charge in [0.25, 0.3) is 0 Å². The Morgan fingerprint density at radius 2 is 1.42 bits per heavy atom. The second-order valence-electron chi connectivity index (χ2n) is 6.92. The lowest BCUT2D eigenvalue weighted by atomic mass is 10.0. The van der Waals surface area contributed by atoms with Crippen LogP contribution in [0.1, 0.15) is 31.2 Å². The number of phenols is 1. The van der Waals surface area contributed by atoms with Gasteiger partial charge in [-0.3, -0.25) is 24.1 Å². The van der Waals surface area contributed by atoms with E-state index >= 15 is 0 Å². The minimum Gasteiger partial charge on any atom is -0.508 e. The predicted octanol–water partition coefficient (Wildman–Crippen LogP) is -1.47. The normalized spacial score (nSPS) is 13.6. The fourth-order valence-electron chi connectivity index (χ4n) is 2.79. The Kier molecular flexibility index (Phi) is 9.57. The molecule has 1 aromatic rings. The Hall–Kier alpha value is -3.51. The zero-order valence-corrected chi connectivity index (χ0v) is 16.6. The van der Waals surface area contributed by atoms with Gasteiger partial charge in [0.15, 0.2) is 0 Å². The van der Waals surface area contributed by atoms with Crippen molar-refractivity contribution in [1.82, 2.24) is 4.90 Å². The summed E-state index contributed by atoms with van der Waals surface area (Å²) >= 11 is 0.